The molecule has 0 aromatic heterocycles. The third kappa shape index (κ3) is 3.66. The summed E-state index contributed by atoms with van der Waals surface area (Å²) in [4.78, 5) is 4.07. The summed E-state index contributed by atoms with van der Waals surface area (Å²) >= 11 is 0. The van der Waals surface area contributed by atoms with Gasteiger partial charge in [0.1, 0.15) is 23.9 Å². The van der Waals surface area contributed by atoms with Crippen molar-refractivity contribution < 1.29 is 28.1 Å². The minimum Gasteiger partial charge on any atom is -0.508 e. The van der Waals surface area contributed by atoms with Gasteiger partial charge in [-0.3, -0.25) is 0 Å². The molecule has 2 aliphatic heterocycles. The van der Waals surface area contributed by atoms with E-state index in [1.165, 1.54) is 24.3 Å². The van der Waals surface area contributed by atoms with E-state index in [1.54, 1.807) is 6.07 Å². The summed E-state index contributed by atoms with van der Waals surface area (Å²) in [5.41, 5.74) is 2.28. The Bertz CT molecular complexity index is 964. The number of allylic oxidation sites excluding steroid dienone is 1. The number of hydrogen-bond donors (Lipinski definition) is 2. The van der Waals surface area contributed by atoms with Crippen molar-refractivity contribution in [2.75, 3.05) is 37.7 Å². The number of anilines is 1. The number of ether oxygens (including phenoxy) is 1. The zero-order valence-corrected chi connectivity index (χ0v) is 15.8. The number of alkyl halides is 3. The number of aromatic hydroxyl groups is 2. The first-order valence-corrected chi connectivity index (χ1v) is 9.30. The first-order chi connectivity index (χ1) is 13.7. The second kappa shape index (κ2) is 7.09. The summed E-state index contributed by atoms with van der Waals surface area (Å²) in [6.07, 6.45) is -4.36. The fourth-order valence-corrected chi connectivity index (χ4v) is 3.92. The van der Waals surface area contributed by atoms with Gasteiger partial charge in [-0.1, -0.05) is 6.07 Å². The maximum Gasteiger partial charge on any atom is 0.416 e. The highest BCUT2D eigenvalue weighted by molar-refractivity contribution is 5.78. The summed E-state index contributed by atoms with van der Waals surface area (Å²) in [6.45, 7) is 4.61. The predicted octanol–water partition coefficient (Wildman–Crippen LogP) is 4.06. The van der Waals surface area contributed by atoms with Crippen LogP contribution in [0.5, 0.6) is 17.2 Å². The van der Waals surface area contributed by atoms with Crippen LogP contribution in [0.3, 0.4) is 0 Å². The average molecular weight is 406 g/mol. The summed E-state index contributed by atoms with van der Waals surface area (Å²) in [7, 11) is 0. The van der Waals surface area contributed by atoms with Gasteiger partial charge in [-0.05, 0) is 30.7 Å². The van der Waals surface area contributed by atoms with E-state index in [0.29, 0.717) is 49.8 Å². The molecule has 1 fully saturated rings. The molecule has 0 amide bonds. The molecule has 2 aromatic rings. The topological polar surface area (TPSA) is 56.2 Å². The number of halogens is 3. The van der Waals surface area contributed by atoms with E-state index < -0.39 is 11.7 Å². The minimum absolute atomic E-state index is 0.0442. The fourth-order valence-electron chi connectivity index (χ4n) is 3.92. The molecule has 2 aliphatic rings. The number of phenolic OH excluding ortho intramolecular Hbond substituents is 2. The van der Waals surface area contributed by atoms with E-state index in [9.17, 15) is 23.4 Å². The van der Waals surface area contributed by atoms with Crippen LogP contribution in [0.1, 0.15) is 18.1 Å². The van der Waals surface area contributed by atoms with Crippen LogP contribution in [0.15, 0.2) is 42.1 Å². The number of rotatable bonds is 2. The van der Waals surface area contributed by atoms with Crippen molar-refractivity contribution in [3.8, 4) is 17.2 Å². The monoisotopic (exact) mass is 406 g/mol. The SMILES string of the molecule is CC1=C(N2CCN(c3cccc(C(F)(F)F)c3)CC2)COc2cc(O)cc(O)c21. The third-order valence-electron chi connectivity index (χ3n) is 5.44. The highest BCUT2D eigenvalue weighted by atomic mass is 19.4. The molecule has 0 radical (unpaired) electrons. The lowest BCUT2D eigenvalue weighted by molar-refractivity contribution is -0.137. The second-order valence-electron chi connectivity index (χ2n) is 7.22. The van der Waals surface area contributed by atoms with Gasteiger partial charge < -0.3 is 24.7 Å². The van der Waals surface area contributed by atoms with E-state index in [-0.39, 0.29) is 11.5 Å². The Labute approximate surface area is 166 Å². The quantitative estimate of drug-likeness (QED) is 0.788. The van der Waals surface area contributed by atoms with Gasteiger partial charge in [0, 0.05) is 44.0 Å². The molecule has 29 heavy (non-hydrogen) atoms. The lowest BCUT2D eigenvalue weighted by Gasteiger charge is -2.40. The smallest absolute Gasteiger partial charge is 0.416 e. The van der Waals surface area contributed by atoms with Crippen molar-refractivity contribution in [3.63, 3.8) is 0 Å². The van der Waals surface area contributed by atoms with Crippen LogP contribution in [0.2, 0.25) is 0 Å². The van der Waals surface area contributed by atoms with Crippen molar-refractivity contribution in [3.05, 3.63) is 53.2 Å². The lowest BCUT2D eigenvalue weighted by atomic mass is 9.99. The van der Waals surface area contributed by atoms with Gasteiger partial charge in [-0.25, -0.2) is 0 Å². The van der Waals surface area contributed by atoms with Crippen molar-refractivity contribution >= 4 is 11.3 Å². The molecule has 2 aromatic carbocycles. The first kappa shape index (κ1) is 19.3. The Hall–Kier alpha value is -3.03. The fraction of sp³-hybridized carbons (Fsp3) is 0.333. The van der Waals surface area contributed by atoms with Crippen LogP contribution in [0.25, 0.3) is 5.57 Å². The van der Waals surface area contributed by atoms with Crippen LogP contribution < -0.4 is 9.64 Å². The molecular weight excluding hydrogens is 385 g/mol. The Kier molecular flexibility index (Phi) is 4.72. The molecule has 5 nitrogen and oxygen atoms in total. The number of phenols is 2. The molecule has 2 heterocycles. The van der Waals surface area contributed by atoms with Crippen LogP contribution in [-0.4, -0.2) is 47.9 Å². The number of nitrogens with zero attached hydrogens (tertiary/aromatic N) is 2. The van der Waals surface area contributed by atoms with Crippen molar-refractivity contribution in [1.29, 1.82) is 0 Å². The van der Waals surface area contributed by atoms with Crippen LogP contribution >= 0.6 is 0 Å². The summed E-state index contributed by atoms with van der Waals surface area (Å²) in [5.74, 6) is 0.329. The van der Waals surface area contributed by atoms with Gasteiger partial charge in [0.05, 0.1) is 16.8 Å². The van der Waals surface area contributed by atoms with E-state index in [1.807, 2.05) is 11.8 Å². The lowest BCUT2D eigenvalue weighted by Crippen LogP contribution is -2.47. The van der Waals surface area contributed by atoms with Gasteiger partial charge in [0.15, 0.2) is 0 Å². The maximum atomic E-state index is 13.0. The summed E-state index contributed by atoms with van der Waals surface area (Å²) in [6, 6.07) is 8.14. The largest absolute Gasteiger partial charge is 0.508 e. The van der Waals surface area contributed by atoms with E-state index >= 15 is 0 Å². The van der Waals surface area contributed by atoms with Crippen molar-refractivity contribution in [2.24, 2.45) is 0 Å². The molecule has 4 rings (SSSR count). The zero-order valence-electron chi connectivity index (χ0n) is 15.8. The number of benzene rings is 2. The first-order valence-electron chi connectivity index (χ1n) is 9.30. The molecule has 0 saturated carbocycles. The average Bonchev–Trinajstić information content (AvgIpc) is 2.67. The van der Waals surface area contributed by atoms with Gasteiger partial charge >= 0.3 is 6.18 Å². The molecular formula is C21H21F3N2O3. The van der Waals surface area contributed by atoms with E-state index in [0.717, 1.165) is 17.3 Å². The van der Waals surface area contributed by atoms with Crippen molar-refractivity contribution in [1.82, 2.24) is 4.90 Å². The highest BCUT2D eigenvalue weighted by Crippen LogP contribution is 2.42. The van der Waals surface area contributed by atoms with Crippen LogP contribution in [-0.2, 0) is 6.18 Å². The van der Waals surface area contributed by atoms with Gasteiger partial charge in [0.2, 0.25) is 0 Å². The van der Waals surface area contributed by atoms with Crippen molar-refractivity contribution in [2.45, 2.75) is 13.1 Å². The minimum atomic E-state index is -4.36. The van der Waals surface area contributed by atoms with Crippen LogP contribution in [0, 0.1) is 0 Å². The zero-order chi connectivity index (χ0) is 20.8. The van der Waals surface area contributed by atoms with Gasteiger partial charge in [-0.2, -0.15) is 13.2 Å². The van der Waals surface area contributed by atoms with E-state index in [4.69, 9.17) is 4.74 Å². The second-order valence-corrected chi connectivity index (χ2v) is 7.22. The Morgan fingerprint density at radius 1 is 0.966 bits per heavy atom. The number of fused-ring (bicyclic) bond motifs is 1. The van der Waals surface area contributed by atoms with Gasteiger partial charge in [-0.15, -0.1) is 0 Å². The third-order valence-corrected chi connectivity index (χ3v) is 5.44. The number of piperazine rings is 1. The molecule has 1 saturated heterocycles. The molecule has 0 bridgehead atoms. The Morgan fingerprint density at radius 2 is 1.66 bits per heavy atom. The molecule has 0 spiro atoms. The maximum absolute atomic E-state index is 13.0. The summed E-state index contributed by atoms with van der Waals surface area (Å²) < 4.78 is 44.7. The molecule has 0 aliphatic carbocycles. The molecule has 2 N–H and O–H groups in total. The molecule has 154 valence electrons. The molecule has 8 heteroatoms. The molecule has 0 atom stereocenters. The Morgan fingerprint density at radius 3 is 2.34 bits per heavy atom. The normalized spacial score (nSPS) is 17.2. The number of hydrogen-bond acceptors (Lipinski definition) is 5. The predicted molar refractivity (Wildman–Crippen MR) is 103 cm³/mol. The highest BCUT2D eigenvalue weighted by Gasteiger charge is 2.31. The summed E-state index contributed by atoms with van der Waals surface area (Å²) in [5, 5.41) is 19.8. The van der Waals surface area contributed by atoms with Gasteiger partial charge in [0.25, 0.3) is 0 Å². The van der Waals surface area contributed by atoms with E-state index in [2.05, 4.69) is 4.90 Å². The van der Waals surface area contributed by atoms with Crippen LogP contribution in [0.4, 0.5) is 18.9 Å². The molecule has 0 unspecified atom stereocenters. The standard InChI is InChI=1S/C21H21F3N2O3/c1-13-17(12-29-19-11-16(27)10-18(28)20(13)19)26-7-5-25(6-8-26)15-4-2-3-14(9-15)21(22,23)24/h2-4,9-11,27-28H,5-8,12H2,1H3. The Balaban J connectivity index is 1.52.